The Morgan fingerprint density at radius 1 is 1.47 bits per heavy atom. The van der Waals surface area contributed by atoms with Crippen molar-refractivity contribution in [2.45, 2.75) is 18.9 Å². The standard InChI is InChI=1S/C8H16N5O2/c9-6(7(15)12-4-5-14)2-1-3-13-8(10)11/h6H,1-4,9H2,(H,12,15)(H4,10,11,13)/t6-/m0/s1. The Bertz CT molecular complexity index is 231. The summed E-state index contributed by atoms with van der Waals surface area (Å²) in [6.07, 6.45) is 2.63. The molecule has 0 aliphatic carbocycles. The second-order valence-corrected chi connectivity index (χ2v) is 2.95. The van der Waals surface area contributed by atoms with Crippen LogP contribution < -0.4 is 22.1 Å². The average molecular weight is 214 g/mol. The highest BCUT2D eigenvalue weighted by atomic mass is 16.2. The molecular formula is C8H16N5O2. The van der Waals surface area contributed by atoms with Gasteiger partial charge in [-0.3, -0.25) is 15.0 Å². The molecule has 0 spiro atoms. The molecule has 7 nitrogen and oxygen atoms in total. The third-order valence-electron chi connectivity index (χ3n) is 1.68. The molecule has 0 unspecified atom stereocenters. The fourth-order valence-electron chi connectivity index (χ4n) is 0.930. The van der Waals surface area contributed by atoms with E-state index in [-0.39, 0.29) is 18.4 Å². The van der Waals surface area contributed by atoms with Crippen LogP contribution in [0.5, 0.6) is 0 Å². The maximum atomic E-state index is 11.1. The summed E-state index contributed by atoms with van der Waals surface area (Å²) >= 11 is 0. The normalized spacial score (nSPS) is 11.5. The minimum absolute atomic E-state index is 0.108. The Kier molecular flexibility index (Phi) is 6.90. The molecule has 0 heterocycles. The molecule has 0 aliphatic heterocycles. The van der Waals surface area contributed by atoms with E-state index in [0.717, 1.165) is 0 Å². The van der Waals surface area contributed by atoms with Crippen LogP contribution in [0.3, 0.4) is 0 Å². The molecule has 0 aromatic heterocycles. The van der Waals surface area contributed by atoms with Gasteiger partial charge >= 0.3 is 0 Å². The summed E-state index contributed by atoms with van der Waals surface area (Å²) in [6, 6.07) is -0.646. The highest BCUT2D eigenvalue weighted by molar-refractivity contribution is 5.83. The number of guanidine groups is 1. The molecule has 15 heavy (non-hydrogen) atoms. The first-order valence-corrected chi connectivity index (χ1v) is 4.54. The SMILES string of the molecule is N=C(N)NCCC[C@H](N)C(=O)NC[C]=O. The van der Waals surface area contributed by atoms with Gasteiger partial charge in [-0.05, 0) is 12.8 Å². The maximum absolute atomic E-state index is 11.1. The summed E-state index contributed by atoms with van der Waals surface area (Å²) in [5.41, 5.74) is 10.6. The van der Waals surface area contributed by atoms with Gasteiger partial charge in [0.05, 0.1) is 12.6 Å². The molecule has 0 aliphatic rings. The minimum atomic E-state index is -0.646. The van der Waals surface area contributed by atoms with E-state index in [2.05, 4.69) is 10.6 Å². The highest BCUT2D eigenvalue weighted by Crippen LogP contribution is 1.92. The summed E-state index contributed by atoms with van der Waals surface area (Å²) in [5, 5.41) is 11.8. The molecule has 0 saturated heterocycles. The van der Waals surface area contributed by atoms with Crippen LogP contribution in [0, 0.1) is 5.41 Å². The molecule has 0 rings (SSSR count). The fraction of sp³-hybridized carbons (Fsp3) is 0.625. The van der Waals surface area contributed by atoms with Crippen LogP contribution in [0.1, 0.15) is 12.8 Å². The van der Waals surface area contributed by atoms with Gasteiger partial charge in [-0.2, -0.15) is 0 Å². The van der Waals surface area contributed by atoms with Crippen LogP contribution in [0.4, 0.5) is 0 Å². The third kappa shape index (κ3) is 7.44. The van der Waals surface area contributed by atoms with Crippen LogP contribution in [0.15, 0.2) is 0 Å². The van der Waals surface area contributed by atoms with Crippen LogP contribution >= 0.6 is 0 Å². The Morgan fingerprint density at radius 3 is 2.67 bits per heavy atom. The topological polar surface area (TPSA) is 134 Å². The van der Waals surface area contributed by atoms with Gasteiger partial charge in [0.15, 0.2) is 5.96 Å². The van der Waals surface area contributed by atoms with Crippen molar-refractivity contribution >= 4 is 18.2 Å². The molecule has 0 aromatic carbocycles. The Morgan fingerprint density at radius 2 is 2.13 bits per heavy atom. The van der Waals surface area contributed by atoms with Crippen LogP contribution in [-0.2, 0) is 9.59 Å². The Hall–Kier alpha value is -1.63. The van der Waals surface area contributed by atoms with Crippen molar-refractivity contribution in [1.82, 2.24) is 10.6 Å². The van der Waals surface area contributed by atoms with Crippen LogP contribution in [0.2, 0.25) is 0 Å². The number of rotatable bonds is 7. The lowest BCUT2D eigenvalue weighted by atomic mass is 10.1. The van der Waals surface area contributed by atoms with Crippen molar-refractivity contribution < 1.29 is 9.59 Å². The first-order chi connectivity index (χ1) is 7.07. The summed E-state index contributed by atoms with van der Waals surface area (Å²) < 4.78 is 0. The largest absolute Gasteiger partial charge is 0.370 e. The molecule has 7 heteroatoms. The quantitative estimate of drug-likeness (QED) is 0.186. The van der Waals surface area contributed by atoms with Crippen LogP contribution in [0.25, 0.3) is 0 Å². The summed E-state index contributed by atoms with van der Waals surface area (Å²) in [6.45, 7) is 0.356. The van der Waals surface area contributed by atoms with E-state index in [1.54, 1.807) is 6.29 Å². The Labute approximate surface area is 88.1 Å². The number of nitrogens with one attached hydrogen (secondary N) is 3. The van der Waals surface area contributed by atoms with E-state index < -0.39 is 6.04 Å². The molecule has 0 bridgehead atoms. The number of nitrogens with two attached hydrogens (primary N) is 2. The number of carbonyl (C=O) groups excluding carboxylic acids is 2. The number of carbonyl (C=O) groups is 1. The van der Waals surface area contributed by atoms with E-state index in [9.17, 15) is 9.59 Å². The number of amides is 1. The fourth-order valence-corrected chi connectivity index (χ4v) is 0.930. The first kappa shape index (κ1) is 13.4. The lowest BCUT2D eigenvalue weighted by molar-refractivity contribution is -0.122. The lowest BCUT2D eigenvalue weighted by Crippen LogP contribution is -2.41. The van der Waals surface area contributed by atoms with Crippen molar-refractivity contribution in [1.29, 1.82) is 5.41 Å². The molecule has 0 saturated carbocycles. The zero-order chi connectivity index (χ0) is 11.7. The molecule has 7 N–H and O–H groups in total. The monoisotopic (exact) mass is 214 g/mol. The molecule has 1 amide bonds. The van der Waals surface area contributed by atoms with Gasteiger partial charge < -0.3 is 22.1 Å². The van der Waals surface area contributed by atoms with Crippen molar-refractivity contribution in [2.24, 2.45) is 11.5 Å². The maximum Gasteiger partial charge on any atom is 0.237 e. The van der Waals surface area contributed by atoms with Gasteiger partial charge in [0.25, 0.3) is 0 Å². The van der Waals surface area contributed by atoms with Gasteiger partial charge in [-0.25, -0.2) is 0 Å². The van der Waals surface area contributed by atoms with Crippen molar-refractivity contribution in [3.8, 4) is 0 Å². The van der Waals surface area contributed by atoms with Crippen molar-refractivity contribution in [2.75, 3.05) is 13.1 Å². The van der Waals surface area contributed by atoms with Crippen LogP contribution in [-0.4, -0.2) is 37.3 Å². The molecule has 0 fully saturated rings. The van der Waals surface area contributed by atoms with E-state index in [4.69, 9.17) is 16.9 Å². The van der Waals surface area contributed by atoms with E-state index in [1.165, 1.54) is 0 Å². The van der Waals surface area contributed by atoms with Crippen molar-refractivity contribution in [3.05, 3.63) is 0 Å². The first-order valence-electron chi connectivity index (χ1n) is 4.54. The minimum Gasteiger partial charge on any atom is -0.370 e. The molecule has 1 radical (unpaired) electrons. The van der Waals surface area contributed by atoms with Gasteiger partial charge in [-0.15, -0.1) is 0 Å². The van der Waals surface area contributed by atoms with Crippen molar-refractivity contribution in [3.63, 3.8) is 0 Å². The predicted molar refractivity (Wildman–Crippen MR) is 55.8 cm³/mol. The zero-order valence-electron chi connectivity index (χ0n) is 8.38. The summed E-state index contributed by atoms with van der Waals surface area (Å²) in [7, 11) is 0. The summed E-state index contributed by atoms with van der Waals surface area (Å²) in [5.74, 6) is -0.482. The van der Waals surface area contributed by atoms with E-state index in [0.29, 0.717) is 19.4 Å². The molecule has 0 aromatic rings. The smallest absolute Gasteiger partial charge is 0.237 e. The summed E-state index contributed by atoms with van der Waals surface area (Å²) in [4.78, 5) is 21.0. The Balaban J connectivity index is 3.54. The lowest BCUT2D eigenvalue weighted by Gasteiger charge is -2.10. The molecule has 1 atom stereocenters. The van der Waals surface area contributed by atoms with Gasteiger partial charge in [0.1, 0.15) is 0 Å². The predicted octanol–water partition coefficient (Wildman–Crippen LogP) is -2.20. The van der Waals surface area contributed by atoms with Gasteiger partial charge in [0, 0.05) is 6.54 Å². The zero-order valence-corrected chi connectivity index (χ0v) is 8.38. The van der Waals surface area contributed by atoms with Gasteiger partial charge in [-0.1, -0.05) is 0 Å². The second kappa shape index (κ2) is 7.74. The van der Waals surface area contributed by atoms with E-state index in [1.807, 2.05) is 0 Å². The van der Waals surface area contributed by atoms with E-state index >= 15 is 0 Å². The highest BCUT2D eigenvalue weighted by Gasteiger charge is 2.11. The average Bonchev–Trinajstić information content (AvgIpc) is 2.20. The number of hydrogen-bond donors (Lipinski definition) is 5. The number of hydrogen-bond acceptors (Lipinski definition) is 4. The molecule has 85 valence electrons. The molecular weight excluding hydrogens is 198 g/mol. The van der Waals surface area contributed by atoms with Gasteiger partial charge in [0.2, 0.25) is 12.2 Å². The third-order valence-corrected chi connectivity index (χ3v) is 1.68. The second-order valence-electron chi connectivity index (χ2n) is 2.95.